The molecular weight excluding hydrogens is 152 g/mol. The van der Waals surface area contributed by atoms with Gasteiger partial charge in [-0.15, -0.1) is 11.8 Å². The molecule has 0 saturated heterocycles. The van der Waals surface area contributed by atoms with Crippen LogP contribution in [0.15, 0.2) is 0 Å². The average molecular weight is 170 g/mol. The fourth-order valence-electron chi connectivity index (χ4n) is 0.676. The summed E-state index contributed by atoms with van der Waals surface area (Å²) in [4.78, 5) is 0. The van der Waals surface area contributed by atoms with Crippen molar-refractivity contribution in [3.05, 3.63) is 0 Å². The zero-order valence-electron chi connectivity index (χ0n) is 8.22. The number of hydrogen-bond donors (Lipinski definition) is 0. The van der Waals surface area contributed by atoms with E-state index in [1.54, 1.807) is 7.11 Å². The molecule has 0 unspecified atom stereocenters. The molecule has 0 spiro atoms. The molecule has 0 aromatic heterocycles. The molecule has 0 aliphatic rings. The Balaban J connectivity index is 3.10. The van der Waals surface area contributed by atoms with Crippen LogP contribution in [0, 0.1) is 11.8 Å². The first-order chi connectivity index (χ1) is 5.77. The van der Waals surface area contributed by atoms with Crippen LogP contribution in [-0.4, -0.2) is 26.4 Å². The maximum atomic E-state index is 5.31. The summed E-state index contributed by atoms with van der Waals surface area (Å²) >= 11 is 0. The van der Waals surface area contributed by atoms with Gasteiger partial charge in [-0.1, -0.05) is 0 Å². The van der Waals surface area contributed by atoms with Gasteiger partial charge in [-0.3, -0.25) is 0 Å². The Kier molecular flexibility index (Phi) is 8.20. The molecule has 2 nitrogen and oxygen atoms in total. The monoisotopic (exact) mass is 170 g/mol. The largest absolute Gasteiger partial charge is 0.384 e. The van der Waals surface area contributed by atoms with Gasteiger partial charge in [-0.05, 0) is 13.8 Å². The maximum Gasteiger partial charge on any atom is 0.0579 e. The van der Waals surface area contributed by atoms with Gasteiger partial charge in [0.15, 0.2) is 0 Å². The summed E-state index contributed by atoms with van der Waals surface area (Å²) in [6.07, 6.45) is 1.95. The predicted octanol–water partition coefficient (Wildman–Crippen LogP) is 1.84. The van der Waals surface area contributed by atoms with Crippen LogP contribution in [-0.2, 0) is 9.47 Å². The van der Waals surface area contributed by atoms with Crippen molar-refractivity contribution >= 4 is 0 Å². The third kappa shape index (κ3) is 9.48. The van der Waals surface area contributed by atoms with Crippen LogP contribution in [0.2, 0.25) is 0 Å². The molecule has 0 saturated carbocycles. The van der Waals surface area contributed by atoms with Crippen LogP contribution in [0.1, 0.15) is 26.7 Å². The van der Waals surface area contributed by atoms with Crippen LogP contribution in [0.25, 0.3) is 0 Å². The Morgan fingerprint density at radius 2 is 1.67 bits per heavy atom. The molecule has 0 aromatic carbocycles. The minimum Gasteiger partial charge on any atom is -0.384 e. The maximum absolute atomic E-state index is 5.31. The highest BCUT2D eigenvalue weighted by molar-refractivity contribution is 4.98. The lowest BCUT2D eigenvalue weighted by molar-refractivity contribution is 0.0835. The molecule has 0 heterocycles. The molecule has 0 aromatic rings. The Bertz CT molecular complexity index is 142. The molecule has 2 heteroatoms. The lowest BCUT2D eigenvalue weighted by atomic mass is 10.4. The van der Waals surface area contributed by atoms with Crippen molar-refractivity contribution in [1.29, 1.82) is 0 Å². The van der Waals surface area contributed by atoms with Gasteiger partial charge in [0.05, 0.1) is 19.3 Å². The zero-order chi connectivity index (χ0) is 9.23. The van der Waals surface area contributed by atoms with Gasteiger partial charge in [-0.2, -0.15) is 0 Å². The molecule has 0 fully saturated rings. The third-order valence-electron chi connectivity index (χ3n) is 1.23. The minimum atomic E-state index is 0.311. The fourth-order valence-corrected chi connectivity index (χ4v) is 0.676. The summed E-state index contributed by atoms with van der Waals surface area (Å²) < 4.78 is 10.2. The Labute approximate surface area is 75.3 Å². The van der Waals surface area contributed by atoms with Crippen molar-refractivity contribution in [2.24, 2.45) is 0 Å². The van der Waals surface area contributed by atoms with Gasteiger partial charge in [0.25, 0.3) is 0 Å². The molecule has 0 rings (SSSR count). The number of ether oxygens (including phenoxy) is 2. The van der Waals surface area contributed by atoms with E-state index in [4.69, 9.17) is 9.47 Å². The highest BCUT2D eigenvalue weighted by Crippen LogP contribution is 1.88. The first kappa shape index (κ1) is 11.5. The highest BCUT2D eigenvalue weighted by atomic mass is 16.5. The third-order valence-corrected chi connectivity index (χ3v) is 1.23. The van der Waals surface area contributed by atoms with Crippen molar-refractivity contribution < 1.29 is 9.47 Å². The minimum absolute atomic E-state index is 0.311. The van der Waals surface area contributed by atoms with Crippen LogP contribution in [0.4, 0.5) is 0 Å². The van der Waals surface area contributed by atoms with Crippen molar-refractivity contribution in [2.45, 2.75) is 32.8 Å². The molecule has 0 aliphatic heterocycles. The molecule has 0 atom stereocenters. The summed E-state index contributed by atoms with van der Waals surface area (Å²) in [5.41, 5.74) is 0. The first-order valence-electron chi connectivity index (χ1n) is 4.33. The van der Waals surface area contributed by atoms with E-state index in [1.807, 2.05) is 13.8 Å². The predicted molar refractivity (Wildman–Crippen MR) is 50.0 cm³/mol. The van der Waals surface area contributed by atoms with Gasteiger partial charge in [0.2, 0.25) is 0 Å². The van der Waals surface area contributed by atoms with Gasteiger partial charge in [0.1, 0.15) is 0 Å². The zero-order valence-corrected chi connectivity index (χ0v) is 8.22. The molecule has 70 valence electrons. The number of methoxy groups -OCH3 is 1. The molecule has 12 heavy (non-hydrogen) atoms. The molecule has 0 aliphatic carbocycles. The second-order valence-corrected chi connectivity index (χ2v) is 2.77. The van der Waals surface area contributed by atoms with Crippen molar-refractivity contribution in [2.75, 3.05) is 20.3 Å². The summed E-state index contributed by atoms with van der Waals surface area (Å²) in [5.74, 6) is 6.03. The van der Waals surface area contributed by atoms with Crippen molar-refractivity contribution in [3.8, 4) is 11.8 Å². The quantitative estimate of drug-likeness (QED) is 0.463. The SMILES string of the molecule is COCCC#CCCOC(C)C. The van der Waals surface area contributed by atoms with Gasteiger partial charge in [0, 0.05) is 20.0 Å². The van der Waals surface area contributed by atoms with Crippen molar-refractivity contribution in [1.82, 2.24) is 0 Å². The smallest absolute Gasteiger partial charge is 0.0579 e. The Morgan fingerprint density at radius 1 is 1.08 bits per heavy atom. The van der Waals surface area contributed by atoms with E-state index >= 15 is 0 Å². The number of rotatable bonds is 5. The van der Waals surface area contributed by atoms with Crippen LogP contribution < -0.4 is 0 Å². The van der Waals surface area contributed by atoms with E-state index < -0.39 is 0 Å². The van der Waals surface area contributed by atoms with E-state index in [9.17, 15) is 0 Å². The Morgan fingerprint density at radius 3 is 2.17 bits per heavy atom. The second-order valence-electron chi connectivity index (χ2n) is 2.77. The lowest BCUT2D eigenvalue weighted by Gasteiger charge is -2.03. The first-order valence-corrected chi connectivity index (χ1v) is 4.33. The summed E-state index contributed by atoms with van der Waals surface area (Å²) in [7, 11) is 1.68. The Hall–Kier alpha value is -0.520. The molecule has 0 N–H and O–H groups in total. The van der Waals surface area contributed by atoms with Crippen molar-refractivity contribution in [3.63, 3.8) is 0 Å². The van der Waals surface area contributed by atoms with Crippen LogP contribution >= 0.6 is 0 Å². The molecule has 0 bridgehead atoms. The average Bonchev–Trinajstić information content (AvgIpc) is 2.02. The standard InChI is InChI=1S/C10H18O2/c1-10(2)12-9-7-5-4-6-8-11-3/h10H,6-9H2,1-3H3. The van der Waals surface area contributed by atoms with E-state index in [-0.39, 0.29) is 0 Å². The summed E-state index contributed by atoms with van der Waals surface area (Å²) in [6.45, 7) is 5.51. The van der Waals surface area contributed by atoms with E-state index in [2.05, 4.69) is 11.8 Å². The van der Waals surface area contributed by atoms with Crippen LogP contribution in [0.5, 0.6) is 0 Å². The van der Waals surface area contributed by atoms with Gasteiger partial charge >= 0.3 is 0 Å². The van der Waals surface area contributed by atoms with E-state index in [0.717, 1.165) is 26.1 Å². The topological polar surface area (TPSA) is 18.5 Å². The number of hydrogen-bond acceptors (Lipinski definition) is 2. The highest BCUT2D eigenvalue weighted by Gasteiger charge is 1.88. The molecule has 0 radical (unpaired) electrons. The summed E-state index contributed by atoms with van der Waals surface area (Å²) in [6, 6.07) is 0. The fraction of sp³-hybridized carbons (Fsp3) is 0.800. The second kappa shape index (κ2) is 8.58. The summed E-state index contributed by atoms with van der Waals surface area (Å²) in [5, 5.41) is 0. The van der Waals surface area contributed by atoms with Crippen LogP contribution in [0.3, 0.4) is 0 Å². The van der Waals surface area contributed by atoms with E-state index in [1.165, 1.54) is 0 Å². The van der Waals surface area contributed by atoms with Gasteiger partial charge in [-0.25, -0.2) is 0 Å². The van der Waals surface area contributed by atoms with Gasteiger partial charge < -0.3 is 9.47 Å². The molecule has 0 amide bonds. The van der Waals surface area contributed by atoms with E-state index in [0.29, 0.717) is 6.10 Å². The lowest BCUT2D eigenvalue weighted by Crippen LogP contribution is -2.02. The normalized spacial score (nSPS) is 9.67. The molecular formula is C10H18O2.